The molecular weight excluding hydrogens is 456 g/mol. The minimum Gasteiger partial charge on any atom is -0.343 e. The normalized spacial score (nSPS) is 18.5. The van der Waals surface area contributed by atoms with Gasteiger partial charge in [-0.3, -0.25) is 24.6 Å². The van der Waals surface area contributed by atoms with E-state index in [2.05, 4.69) is 10.6 Å². The van der Waals surface area contributed by atoms with E-state index >= 15 is 0 Å². The number of thiophene rings is 1. The molecule has 1 fully saturated rings. The van der Waals surface area contributed by atoms with Crippen molar-refractivity contribution in [1.29, 1.82) is 0 Å². The van der Waals surface area contributed by atoms with Crippen LogP contribution in [0.5, 0.6) is 0 Å². The third-order valence-corrected chi connectivity index (χ3v) is 6.71. The van der Waals surface area contributed by atoms with Crippen molar-refractivity contribution in [3.05, 3.63) is 97.7 Å². The molecule has 10 heteroatoms. The van der Waals surface area contributed by atoms with E-state index in [-0.39, 0.29) is 5.69 Å². The van der Waals surface area contributed by atoms with Crippen molar-refractivity contribution in [1.82, 2.24) is 15.5 Å². The topological polar surface area (TPSA) is 122 Å². The third-order valence-electron chi connectivity index (χ3n) is 5.78. The van der Waals surface area contributed by atoms with Crippen LogP contribution in [0.1, 0.15) is 34.5 Å². The van der Waals surface area contributed by atoms with Crippen LogP contribution in [0.2, 0.25) is 0 Å². The lowest BCUT2D eigenvalue weighted by molar-refractivity contribution is -0.384. The number of hydrogen-bond donors (Lipinski definition) is 2. The van der Waals surface area contributed by atoms with Crippen LogP contribution in [0.15, 0.2) is 66.0 Å². The van der Waals surface area contributed by atoms with E-state index in [1.807, 2.05) is 48.7 Å². The lowest BCUT2D eigenvalue weighted by Gasteiger charge is -2.23. The summed E-state index contributed by atoms with van der Waals surface area (Å²) in [6.45, 7) is 3.02. The van der Waals surface area contributed by atoms with E-state index in [9.17, 15) is 24.5 Å². The van der Waals surface area contributed by atoms with Gasteiger partial charge in [0, 0.05) is 17.0 Å². The number of amides is 4. The van der Waals surface area contributed by atoms with Gasteiger partial charge in [-0.2, -0.15) is 0 Å². The molecule has 4 rings (SSSR count). The number of nitro groups is 1. The zero-order chi connectivity index (χ0) is 24.5. The summed E-state index contributed by atoms with van der Waals surface area (Å²) in [5.74, 6) is -1.10. The van der Waals surface area contributed by atoms with Gasteiger partial charge in [0.05, 0.1) is 11.0 Å². The van der Waals surface area contributed by atoms with Crippen molar-refractivity contribution in [3.63, 3.8) is 0 Å². The maximum Gasteiger partial charge on any atom is 0.325 e. The molecule has 1 aliphatic rings. The lowest BCUT2D eigenvalue weighted by Crippen LogP contribution is -2.44. The molecule has 2 unspecified atom stereocenters. The molecule has 2 N–H and O–H groups in total. The van der Waals surface area contributed by atoms with Crippen LogP contribution < -0.4 is 10.6 Å². The van der Waals surface area contributed by atoms with Gasteiger partial charge in [-0.25, -0.2) is 4.79 Å². The standard InChI is InChI=1S/C24H22N4O5S/c1-15-5-7-16(8-6-15)21(19-4-3-13-34-19)25-20(29)14-27-22(30)24(2,26-23(27)31)17-9-11-18(12-10-17)28(32)33/h3-13,21H,14H2,1-2H3,(H,25,29)(H,26,31). The van der Waals surface area contributed by atoms with E-state index in [1.54, 1.807) is 0 Å². The highest BCUT2D eigenvalue weighted by molar-refractivity contribution is 7.10. The van der Waals surface area contributed by atoms with Gasteiger partial charge < -0.3 is 10.6 Å². The molecule has 2 aromatic carbocycles. The van der Waals surface area contributed by atoms with Gasteiger partial charge in [-0.05, 0) is 48.6 Å². The number of nitrogens with one attached hydrogen (secondary N) is 2. The number of non-ortho nitro benzene ring substituents is 1. The fraction of sp³-hybridized carbons (Fsp3) is 0.208. The first kappa shape index (κ1) is 23.1. The molecule has 4 amide bonds. The maximum atomic E-state index is 13.1. The smallest absolute Gasteiger partial charge is 0.325 e. The second-order valence-corrected chi connectivity index (χ2v) is 9.16. The van der Waals surface area contributed by atoms with Crippen molar-refractivity contribution in [2.24, 2.45) is 0 Å². The largest absolute Gasteiger partial charge is 0.343 e. The Morgan fingerprint density at radius 1 is 1.15 bits per heavy atom. The predicted molar refractivity (Wildman–Crippen MR) is 126 cm³/mol. The lowest BCUT2D eigenvalue weighted by atomic mass is 9.92. The number of benzene rings is 2. The maximum absolute atomic E-state index is 13.1. The Labute approximate surface area is 199 Å². The molecule has 0 aliphatic carbocycles. The summed E-state index contributed by atoms with van der Waals surface area (Å²) in [4.78, 5) is 50.9. The van der Waals surface area contributed by atoms with Crippen molar-refractivity contribution in [2.75, 3.05) is 6.54 Å². The molecule has 1 aromatic heterocycles. The van der Waals surface area contributed by atoms with Crippen molar-refractivity contribution in [3.8, 4) is 0 Å². The van der Waals surface area contributed by atoms with Gasteiger partial charge in [0.25, 0.3) is 11.6 Å². The zero-order valence-electron chi connectivity index (χ0n) is 18.5. The number of rotatable bonds is 7. The van der Waals surface area contributed by atoms with Crippen LogP contribution in [0.25, 0.3) is 0 Å². The van der Waals surface area contributed by atoms with Gasteiger partial charge in [0.1, 0.15) is 12.1 Å². The quantitative estimate of drug-likeness (QED) is 0.305. The number of nitrogens with zero attached hydrogens (tertiary/aromatic N) is 2. The van der Waals surface area contributed by atoms with Crippen molar-refractivity contribution >= 4 is 34.9 Å². The summed E-state index contributed by atoms with van der Waals surface area (Å²) in [6, 6.07) is 15.8. The molecule has 174 valence electrons. The fourth-order valence-electron chi connectivity index (χ4n) is 3.84. The molecule has 0 saturated carbocycles. The molecule has 3 aromatic rings. The fourth-order valence-corrected chi connectivity index (χ4v) is 4.64. The average Bonchev–Trinajstić information content (AvgIpc) is 3.42. The number of urea groups is 1. The van der Waals surface area contributed by atoms with Crippen molar-refractivity contribution in [2.45, 2.75) is 25.4 Å². The molecule has 2 atom stereocenters. The molecular formula is C24H22N4O5S. The number of aryl methyl sites for hydroxylation is 1. The van der Waals surface area contributed by atoms with E-state index < -0.39 is 40.9 Å². The number of carbonyl (C=O) groups excluding carboxylic acids is 3. The highest BCUT2D eigenvalue weighted by Crippen LogP contribution is 2.30. The van der Waals surface area contributed by atoms with E-state index in [0.717, 1.165) is 20.9 Å². The van der Waals surface area contributed by atoms with E-state index in [4.69, 9.17) is 0 Å². The second kappa shape index (κ2) is 9.06. The van der Waals surface area contributed by atoms with Crippen LogP contribution >= 0.6 is 11.3 Å². The Balaban J connectivity index is 1.52. The molecule has 1 aliphatic heterocycles. The summed E-state index contributed by atoms with van der Waals surface area (Å²) < 4.78 is 0. The van der Waals surface area contributed by atoms with Gasteiger partial charge in [-0.1, -0.05) is 35.9 Å². The summed E-state index contributed by atoms with van der Waals surface area (Å²) in [6.07, 6.45) is 0. The average molecular weight is 479 g/mol. The Bertz CT molecular complexity index is 1240. The van der Waals surface area contributed by atoms with Crippen LogP contribution in [0.4, 0.5) is 10.5 Å². The van der Waals surface area contributed by atoms with Gasteiger partial charge in [0.2, 0.25) is 5.91 Å². The summed E-state index contributed by atoms with van der Waals surface area (Å²) in [5.41, 5.74) is 0.794. The molecule has 2 heterocycles. The molecule has 0 radical (unpaired) electrons. The predicted octanol–water partition coefficient (Wildman–Crippen LogP) is 3.64. The van der Waals surface area contributed by atoms with E-state index in [0.29, 0.717) is 5.56 Å². The Kier molecular flexibility index (Phi) is 6.16. The molecule has 0 bridgehead atoms. The van der Waals surface area contributed by atoms with Gasteiger partial charge >= 0.3 is 6.03 Å². The molecule has 1 saturated heterocycles. The van der Waals surface area contributed by atoms with Crippen LogP contribution in [0, 0.1) is 17.0 Å². The first-order valence-corrected chi connectivity index (χ1v) is 11.4. The third kappa shape index (κ3) is 4.40. The van der Waals surface area contributed by atoms with E-state index in [1.165, 1.54) is 42.5 Å². The van der Waals surface area contributed by atoms with Crippen LogP contribution in [0.3, 0.4) is 0 Å². The highest BCUT2D eigenvalue weighted by atomic mass is 32.1. The Morgan fingerprint density at radius 3 is 2.41 bits per heavy atom. The first-order valence-electron chi connectivity index (χ1n) is 10.5. The minimum atomic E-state index is -1.43. The van der Waals surface area contributed by atoms with Gasteiger partial charge in [0.15, 0.2) is 0 Å². The molecule has 9 nitrogen and oxygen atoms in total. The Morgan fingerprint density at radius 2 is 1.82 bits per heavy atom. The number of hydrogen-bond acceptors (Lipinski definition) is 6. The number of nitro benzene ring substituents is 1. The van der Waals surface area contributed by atoms with Crippen LogP contribution in [-0.4, -0.2) is 34.2 Å². The summed E-state index contributed by atoms with van der Waals surface area (Å²) >= 11 is 1.49. The number of carbonyl (C=O) groups is 3. The highest BCUT2D eigenvalue weighted by Gasteiger charge is 2.49. The van der Waals surface area contributed by atoms with Crippen LogP contribution in [-0.2, 0) is 15.1 Å². The first-order chi connectivity index (χ1) is 16.2. The van der Waals surface area contributed by atoms with Gasteiger partial charge in [-0.15, -0.1) is 11.3 Å². The minimum absolute atomic E-state index is 0.129. The second-order valence-electron chi connectivity index (χ2n) is 8.18. The Hall–Kier alpha value is -4.05. The SMILES string of the molecule is Cc1ccc(C(NC(=O)CN2C(=O)NC(C)(c3ccc([N+](=O)[O-])cc3)C2=O)c2cccs2)cc1. The number of imide groups is 1. The van der Waals surface area contributed by atoms with Crippen molar-refractivity contribution < 1.29 is 19.3 Å². The molecule has 0 spiro atoms. The zero-order valence-corrected chi connectivity index (χ0v) is 19.3. The summed E-state index contributed by atoms with van der Waals surface area (Å²) in [5, 5.41) is 18.4. The molecule has 34 heavy (non-hydrogen) atoms. The summed E-state index contributed by atoms with van der Waals surface area (Å²) in [7, 11) is 0. The monoisotopic (exact) mass is 478 g/mol.